The van der Waals surface area contributed by atoms with Crippen LogP contribution in [-0.2, 0) is 30.8 Å². The lowest BCUT2D eigenvalue weighted by Crippen LogP contribution is -2.48. The van der Waals surface area contributed by atoms with Gasteiger partial charge < -0.3 is 14.8 Å². The summed E-state index contributed by atoms with van der Waals surface area (Å²) < 4.78 is 38.0. The van der Waals surface area contributed by atoms with E-state index in [2.05, 4.69) is 5.32 Å². The van der Waals surface area contributed by atoms with Crippen LogP contribution in [0.15, 0.2) is 53.4 Å². The van der Waals surface area contributed by atoms with E-state index in [1.54, 1.807) is 0 Å². The van der Waals surface area contributed by atoms with E-state index in [0.717, 1.165) is 11.1 Å². The maximum atomic E-state index is 13.0. The highest BCUT2D eigenvalue weighted by atomic mass is 32.2. The number of nitrogens with one attached hydrogen (secondary N) is 1. The van der Waals surface area contributed by atoms with Crippen molar-refractivity contribution >= 4 is 21.9 Å². The molecule has 0 saturated carbocycles. The molecule has 2 aromatic rings. The van der Waals surface area contributed by atoms with E-state index in [-0.39, 0.29) is 35.8 Å². The second-order valence-electron chi connectivity index (χ2n) is 7.95. The van der Waals surface area contributed by atoms with Crippen molar-refractivity contribution in [1.29, 1.82) is 0 Å². The predicted octanol–water partition coefficient (Wildman–Crippen LogP) is 2.27. The number of aryl methyl sites for hydroxylation is 1. The number of hydrogen-bond acceptors (Lipinski definition) is 6. The van der Waals surface area contributed by atoms with Crippen molar-refractivity contribution in [3.05, 3.63) is 65.2 Å². The van der Waals surface area contributed by atoms with Gasteiger partial charge in [0.25, 0.3) is 5.91 Å². The second-order valence-corrected chi connectivity index (χ2v) is 9.88. The van der Waals surface area contributed by atoms with Gasteiger partial charge in [-0.1, -0.05) is 35.9 Å². The van der Waals surface area contributed by atoms with Gasteiger partial charge in [-0.15, -0.1) is 0 Å². The summed E-state index contributed by atoms with van der Waals surface area (Å²) in [5.41, 5.74) is 2.11. The number of esters is 1. The first-order valence-corrected chi connectivity index (χ1v) is 11.8. The third-order valence-corrected chi connectivity index (χ3v) is 6.87. The Labute approximate surface area is 188 Å². The van der Waals surface area contributed by atoms with Gasteiger partial charge in [-0.3, -0.25) is 4.79 Å². The van der Waals surface area contributed by atoms with Gasteiger partial charge in [0.05, 0.1) is 22.7 Å². The molecule has 1 amide bonds. The fourth-order valence-corrected chi connectivity index (χ4v) is 5.07. The van der Waals surface area contributed by atoms with E-state index in [9.17, 15) is 18.0 Å². The van der Waals surface area contributed by atoms with Crippen LogP contribution in [0.25, 0.3) is 0 Å². The molecule has 172 valence electrons. The van der Waals surface area contributed by atoms with Crippen LogP contribution in [0.2, 0.25) is 0 Å². The van der Waals surface area contributed by atoms with Crippen LogP contribution in [0.4, 0.5) is 0 Å². The zero-order valence-corrected chi connectivity index (χ0v) is 19.2. The Morgan fingerprint density at radius 1 is 1.09 bits per heavy atom. The monoisotopic (exact) mass is 460 g/mol. The molecule has 0 aliphatic carbocycles. The molecule has 2 aromatic carbocycles. The number of benzene rings is 2. The number of ether oxygens (including phenoxy) is 2. The Hall–Kier alpha value is -2.75. The fourth-order valence-electron chi connectivity index (χ4n) is 3.43. The molecular formula is C23H28N2O6S. The summed E-state index contributed by atoms with van der Waals surface area (Å²) in [7, 11) is -3.79. The molecule has 1 heterocycles. The number of nitrogens with zero attached hydrogens (tertiary/aromatic N) is 1. The van der Waals surface area contributed by atoms with Crippen LogP contribution >= 0.6 is 0 Å². The van der Waals surface area contributed by atoms with E-state index in [1.807, 2.05) is 45.0 Å². The van der Waals surface area contributed by atoms with Crippen molar-refractivity contribution in [3.63, 3.8) is 0 Å². The zero-order valence-electron chi connectivity index (χ0n) is 18.4. The minimum Gasteiger partial charge on any atom is -0.452 e. The lowest BCUT2D eigenvalue weighted by Gasteiger charge is -2.34. The summed E-state index contributed by atoms with van der Waals surface area (Å²) in [5.74, 6) is -1.21. The smallest absolute Gasteiger partial charge is 0.338 e. The molecule has 0 radical (unpaired) electrons. The van der Waals surface area contributed by atoms with Crippen LogP contribution in [0, 0.1) is 6.92 Å². The van der Waals surface area contributed by atoms with E-state index >= 15 is 0 Å². The van der Waals surface area contributed by atoms with Crippen LogP contribution in [0.5, 0.6) is 0 Å². The van der Waals surface area contributed by atoms with E-state index in [1.165, 1.54) is 28.6 Å². The Kier molecular flexibility index (Phi) is 7.65. The number of carbonyl (C=O) groups is 2. The topological polar surface area (TPSA) is 102 Å². The van der Waals surface area contributed by atoms with Gasteiger partial charge in [-0.05, 0) is 44.5 Å². The number of hydrogen-bond donors (Lipinski definition) is 1. The lowest BCUT2D eigenvalue weighted by atomic mass is 10.1. The van der Waals surface area contributed by atoms with Gasteiger partial charge in [-0.25, -0.2) is 13.2 Å². The van der Waals surface area contributed by atoms with Crippen molar-refractivity contribution in [3.8, 4) is 0 Å². The average molecular weight is 461 g/mol. The van der Waals surface area contributed by atoms with Gasteiger partial charge in [-0.2, -0.15) is 4.31 Å². The third-order valence-electron chi connectivity index (χ3n) is 5.04. The maximum absolute atomic E-state index is 13.0. The van der Waals surface area contributed by atoms with Crippen molar-refractivity contribution in [2.24, 2.45) is 0 Å². The first-order valence-electron chi connectivity index (χ1n) is 10.4. The van der Waals surface area contributed by atoms with Gasteiger partial charge in [0.2, 0.25) is 10.0 Å². The summed E-state index contributed by atoms with van der Waals surface area (Å²) in [6.07, 6.45) is -0.444. The quantitative estimate of drug-likeness (QED) is 0.636. The summed E-state index contributed by atoms with van der Waals surface area (Å²) in [5, 5.41) is 2.68. The Balaban J connectivity index is 1.58. The molecule has 1 fully saturated rings. The Morgan fingerprint density at radius 3 is 2.41 bits per heavy atom. The second kappa shape index (κ2) is 10.2. The molecule has 0 bridgehead atoms. The molecule has 9 heteroatoms. The van der Waals surface area contributed by atoms with Crippen molar-refractivity contribution in [1.82, 2.24) is 9.62 Å². The minimum atomic E-state index is -3.79. The van der Waals surface area contributed by atoms with Crippen molar-refractivity contribution < 1.29 is 27.5 Å². The highest BCUT2D eigenvalue weighted by Crippen LogP contribution is 2.22. The minimum absolute atomic E-state index is 0.00271. The molecule has 0 aromatic heterocycles. The molecule has 2 unspecified atom stereocenters. The summed E-state index contributed by atoms with van der Waals surface area (Å²) in [6.45, 7) is 5.95. The zero-order chi connectivity index (χ0) is 23.3. The molecule has 1 N–H and O–H groups in total. The van der Waals surface area contributed by atoms with Crippen LogP contribution in [-0.4, -0.2) is 56.5 Å². The average Bonchev–Trinajstić information content (AvgIpc) is 2.76. The highest BCUT2D eigenvalue weighted by molar-refractivity contribution is 7.89. The molecule has 1 aliphatic heterocycles. The van der Waals surface area contributed by atoms with E-state index in [4.69, 9.17) is 9.47 Å². The van der Waals surface area contributed by atoms with E-state index in [0.29, 0.717) is 6.54 Å². The fraction of sp³-hybridized carbons (Fsp3) is 0.391. The first-order chi connectivity index (χ1) is 15.1. The van der Waals surface area contributed by atoms with Crippen molar-refractivity contribution in [2.45, 2.75) is 44.4 Å². The lowest BCUT2D eigenvalue weighted by molar-refractivity contribution is -0.124. The molecule has 0 spiro atoms. The summed E-state index contributed by atoms with van der Waals surface area (Å²) in [6, 6.07) is 13.3. The van der Waals surface area contributed by atoms with Gasteiger partial charge >= 0.3 is 5.97 Å². The summed E-state index contributed by atoms with van der Waals surface area (Å²) in [4.78, 5) is 24.4. The molecule has 1 aliphatic rings. The molecular weight excluding hydrogens is 432 g/mol. The maximum Gasteiger partial charge on any atom is 0.338 e. The molecule has 1 saturated heterocycles. The Bertz CT molecular complexity index is 1060. The largest absolute Gasteiger partial charge is 0.452 e. The summed E-state index contributed by atoms with van der Waals surface area (Å²) >= 11 is 0. The van der Waals surface area contributed by atoms with Crippen LogP contribution in [0.1, 0.15) is 35.3 Å². The number of morpholine rings is 1. The molecule has 8 nitrogen and oxygen atoms in total. The van der Waals surface area contributed by atoms with E-state index < -0.39 is 28.5 Å². The number of carbonyl (C=O) groups excluding carboxylic acids is 2. The standard InChI is InChI=1S/C23H28N2O6S/c1-16-7-9-19(10-8-16)12-24-22(26)15-30-23(27)20-5-4-6-21(11-20)32(28,29)25-13-17(2)31-18(3)14-25/h4-11,17-18H,12-15H2,1-3H3,(H,24,26). The molecule has 32 heavy (non-hydrogen) atoms. The van der Waals surface area contributed by atoms with Crippen LogP contribution in [0.3, 0.4) is 0 Å². The highest BCUT2D eigenvalue weighted by Gasteiger charge is 2.32. The molecule has 2 atom stereocenters. The number of sulfonamides is 1. The number of amides is 1. The third kappa shape index (κ3) is 6.15. The predicted molar refractivity (Wildman–Crippen MR) is 119 cm³/mol. The normalized spacial score (nSPS) is 19.3. The van der Waals surface area contributed by atoms with Gasteiger partial charge in [0.15, 0.2) is 6.61 Å². The van der Waals surface area contributed by atoms with Gasteiger partial charge in [0, 0.05) is 19.6 Å². The van der Waals surface area contributed by atoms with Gasteiger partial charge in [0.1, 0.15) is 0 Å². The Morgan fingerprint density at radius 2 is 1.75 bits per heavy atom. The molecule has 3 rings (SSSR count). The first kappa shape index (κ1) is 23.9. The van der Waals surface area contributed by atoms with Crippen molar-refractivity contribution in [2.75, 3.05) is 19.7 Å². The van der Waals surface area contributed by atoms with Crippen LogP contribution < -0.4 is 5.32 Å². The SMILES string of the molecule is Cc1ccc(CNC(=O)COC(=O)c2cccc(S(=O)(=O)N3CC(C)OC(C)C3)c2)cc1. The number of rotatable bonds is 7.